The molecule has 1 aliphatic rings. The maximum atomic E-state index is 13.1. The second kappa shape index (κ2) is 8.68. The van der Waals surface area contributed by atoms with E-state index in [9.17, 15) is 13.2 Å². The summed E-state index contributed by atoms with van der Waals surface area (Å²) in [6, 6.07) is 21.4. The van der Waals surface area contributed by atoms with Gasteiger partial charge in [0.25, 0.3) is 10.0 Å². The van der Waals surface area contributed by atoms with E-state index in [1.165, 1.54) is 23.4 Å². The first-order chi connectivity index (χ1) is 16.4. The van der Waals surface area contributed by atoms with E-state index in [2.05, 4.69) is 9.82 Å². The largest absolute Gasteiger partial charge is 0.464 e. The van der Waals surface area contributed by atoms with Gasteiger partial charge in [0.15, 0.2) is 5.76 Å². The first-order valence-corrected chi connectivity index (χ1v) is 12.1. The van der Waals surface area contributed by atoms with Gasteiger partial charge in [0, 0.05) is 12.0 Å². The van der Waals surface area contributed by atoms with Crippen LogP contribution in [0.25, 0.3) is 0 Å². The molecule has 1 N–H and O–H groups in total. The van der Waals surface area contributed by atoms with Gasteiger partial charge in [0.2, 0.25) is 0 Å². The summed E-state index contributed by atoms with van der Waals surface area (Å²) in [6.45, 7) is 1.83. The van der Waals surface area contributed by atoms with Crippen molar-refractivity contribution in [2.75, 3.05) is 4.72 Å². The van der Waals surface area contributed by atoms with E-state index in [4.69, 9.17) is 8.83 Å². The molecule has 0 aliphatic carbocycles. The van der Waals surface area contributed by atoms with Crippen molar-refractivity contribution in [3.05, 3.63) is 108 Å². The lowest BCUT2D eigenvalue weighted by atomic mass is 10.0. The maximum absolute atomic E-state index is 13.1. The third-order valence-corrected chi connectivity index (χ3v) is 6.86. The number of hydrogen-bond donors (Lipinski definition) is 1. The minimum atomic E-state index is -3.81. The van der Waals surface area contributed by atoms with Crippen LogP contribution in [0.5, 0.6) is 0 Å². The van der Waals surface area contributed by atoms with Gasteiger partial charge in [-0.15, -0.1) is 0 Å². The van der Waals surface area contributed by atoms with E-state index in [1.54, 1.807) is 54.6 Å². The Balaban J connectivity index is 1.52. The van der Waals surface area contributed by atoms with E-state index < -0.39 is 22.0 Å². The molecule has 4 aromatic rings. The number of carbonyl (C=O) groups excluding carboxylic acids is 1. The molecule has 0 saturated carbocycles. The van der Waals surface area contributed by atoms with E-state index >= 15 is 0 Å². The fraction of sp³-hybridized carbons (Fsp3) is 0.120. The van der Waals surface area contributed by atoms with Crippen LogP contribution in [-0.4, -0.2) is 25.0 Å². The zero-order valence-electron chi connectivity index (χ0n) is 18.2. The number of aryl methyl sites for hydroxylation is 1. The number of para-hydroxylation sites is 1. The van der Waals surface area contributed by atoms with Crippen LogP contribution in [-0.2, 0) is 10.0 Å². The lowest BCUT2D eigenvalue weighted by Crippen LogP contribution is -2.26. The average Bonchev–Trinajstić information content (AvgIpc) is 3.60. The molecule has 1 aliphatic heterocycles. The summed E-state index contributed by atoms with van der Waals surface area (Å²) in [7, 11) is -3.81. The summed E-state index contributed by atoms with van der Waals surface area (Å²) in [5, 5.41) is 5.92. The minimum Gasteiger partial charge on any atom is -0.464 e. The molecule has 0 saturated heterocycles. The van der Waals surface area contributed by atoms with Crippen molar-refractivity contribution in [3.8, 4) is 0 Å². The van der Waals surface area contributed by atoms with Crippen LogP contribution in [0.15, 0.2) is 104 Å². The van der Waals surface area contributed by atoms with Crippen LogP contribution in [0.4, 0.5) is 5.69 Å². The molecule has 3 heterocycles. The van der Waals surface area contributed by atoms with Gasteiger partial charge in [-0.1, -0.05) is 36.4 Å². The molecule has 34 heavy (non-hydrogen) atoms. The molecule has 0 fully saturated rings. The number of nitrogens with zero attached hydrogens (tertiary/aromatic N) is 2. The molecule has 0 spiro atoms. The van der Waals surface area contributed by atoms with Crippen LogP contribution in [0.1, 0.15) is 40.1 Å². The first-order valence-electron chi connectivity index (χ1n) is 10.6. The number of sulfonamides is 1. The summed E-state index contributed by atoms with van der Waals surface area (Å²) in [5.74, 6) is 1.03. The van der Waals surface area contributed by atoms with Crippen molar-refractivity contribution >= 4 is 27.3 Å². The number of amides is 1. The van der Waals surface area contributed by atoms with Gasteiger partial charge in [0.1, 0.15) is 17.6 Å². The average molecular weight is 476 g/mol. The third-order valence-electron chi connectivity index (χ3n) is 5.48. The van der Waals surface area contributed by atoms with Gasteiger partial charge in [0.05, 0.1) is 22.6 Å². The highest BCUT2D eigenvalue weighted by Crippen LogP contribution is 2.36. The van der Waals surface area contributed by atoms with Crippen molar-refractivity contribution in [3.63, 3.8) is 0 Å². The van der Waals surface area contributed by atoms with Gasteiger partial charge >= 0.3 is 5.91 Å². The summed E-state index contributed by atoms with van der Waals surface area (Å²) >= 11 is 0. The second-order valence-corrected chi connectivity index (χ2v) is 9.49. The monoisotopic (exact) mass is 475 g/mol. The number of anilines is 1. The molecule has 0 radical (unpaired) electrons. The molecule has 9 heteroatoms. The molecule has 8 nitrogen and oxygen atoms in total. The number of rotatable bonds is 6. The molecule has 0 bridgehead atoms. The Morgan fingerprint density at radius 2 is 1.76 bits per heavy atom. The molecule has 2 aromatic carbocycles. The second-order valence-electron chi connectivity index (χ2n) is 7.81. The fourth-order valence-corrected chi connectivity index (χ4v) is 4.96. The molecule has 5 rings (SSSR count). The fourth-order valence-electron chi connectivity index (χ4n) is 3.85. The van der Waals surface area contributed by atoms with Crippen molar-refractivity contribution in [2.24, 2.45) is 5.10 Å². The zero-order chi connectivity index (χ0) is 23.7. The van der Waals surface area contributed by atoms with Gasteiger partial charge in [-0.25, -0.2) is 13.4 Å². The molecular weight excluding hydrogens is 454 g/mol. The van der Waals surface area contributed by atoms with Crippen molar-refractivity contribution in [2.45, 2.75) is 24.3 Å². The maximum Gasteiger partial charge on any atom is 0.310 e. The summed E-state index contributed by atoms with van der Waals surface area (Å²) in [6.07, 6.45) is 1.76. The van der Waals surface area contributed by atoms with Gasteiger partial charge in [-0.3, -0.25) is 9.52 Å². The van der Waals surface area contributed by atoms with Crippen LogP contribution < -0.4 is 4.72 Å². The smallest absolute Gasteiger partial charge is 0.310 e. The Bertz CT molecular complexity index is 1460. The Hall–Kier alpha value is -4.11. The predicted octanol–water partition coefficient (Wildman–Crippen LogP) is 4.97. The summed E-state index contributed by atoms with van der Waals surface area (Å²) in [5.41, 5.74) is 1.49. The summed E-state index contributed by atoms with van der Waals surface area (Å²) in [4.78, 5) is 13.3. The molecule has 172 valence electrons. The highest BCUT2D eigenvalue weighted by atomic mass is 32.2. The van der Waals surface area contributed by atoms with Crippen LogP contribution in [0.2, 0.25) is 0 Å². The van der Waals surface area contributed by atoms with E-state index in [0.29, 0.717) is 34.9 Å². The molecule has 1 atom stereocenters. The number of hydrogen-bond acceptors (Lipinski definition) is 6. The summed E-state index contributed by atoms with van der Waals surface area (Å²) < 4.78 is 39.6. The predicted molar refractivity (Wildman–Crippen MR) is 126 cm³/mol. The van der Waals surface area contributed by atoms with Gasteiger partial charge in [-0.2, -0.15) is 5.10 Å². The van der Waals surface area contributed by atoms with E-state index in [0.717, 1.165) is 0 Å². The quantitative estimate of drug-likeness (QED) is 0.424. The van der Waals surface area contributed by atoms with Crippen LogP contribution >= 0.6 is 0 Å². The normalized spacial score (nSPS) is 15.9. The Labute approximate surface area is 196 Å². The standard InChI is InChI=1S/C25H21N3O5S/c1-17-13-14-23(33-17)22-16-21(26-28(22)25(29)24-12-7-15-32-24)19-10-5-6-11-20(19)27-34(30,31)18-8-3-2-4-9-18/h2-15,22,27H,16H2,1H3/t22-/m1/s1. The van der Waals surface area contributed by atoms with Crippen molar-refractivity contribution in [1.29, 1.82) is 0 Å². The van der Waals surface area contributed by atoms with Crippen LogP contribution in [0, 0.1) is 6.92 Å². The SMILES string of the molecule is Cc1ccc([C@H]2CC(c3ccccc3NS(=O)(=O)c3ccccc3)=NN2C(=O)c2ccco2)o1. The Morgan fingerprint density at radius 3 is 2.47 bits per heavy atom. The highest BCUT2D eigenvalue weighted by Gasteiger charge is 2.37. The van der Waals surface area contributed by atoms with E-state index in [1.807, 2.05) is 19.1 Å². The molecule has 2 aromatic heterocycles. The first kappa shape index (κ1) is 21.7. The molecule has 1 amide bonds. The topological polar surface area (TPSA) is 105 Å². The van der Waals surface area contributed by atoms with Gasteiger partial charge in [-0.05, 0) is 49.4 Å². The number of furan rings is 2. The highest BCUT2D eigenvalue weighted by molar-refractivity contribution is 7.92. The Morgan fingerprint density at radius 1 is 1.00 bits per heavy atom. The van der Waals surface area contributed by atoms with Crippen molar-refractivity contribution < 1.29 is 22.0 Å². The minimum absolute atomic E-state index is 0.149. The Kier molecular flexibility index (Phi) is 5.54. The lowest BCUT2D eigenvalue weighted by molar-refractivity contribution is 0.0659. The van der Waals surface area contributed by atoms with Gasteiger partial charge < -0.3 is 8.83 Å². The van der Waals surface area contributed by atoms with Crippen LogP contribution in [0.3, 0.4) is 0 Å². The number of carbonyl (C=O) groups is 1. The number of nitrogens with one attached hydrogen (secondary N) is 1. The zero-order valence-corrected chi connectivity index (χ0v) is 19.0. The lowest BCUT2D eigenvalue weighted by Gasteiger charge is -2.18. The number of benzene rings is 2. The molecule has 0 unspecified atom stereocenters. The number of hydrazone groups is 1. The van der Waals surface area contributed by atoms with Crippen molar-refractivity contribution in [1.82, 2.24) is 5.01 Å². The molecular formula is C25H21N3O5S. The third kappa shape index (κ3) is 4.13. The van der Waals surface area contributed by atoms with E-state index in [-0.39, 0.29) is 10.7 Å².